The van der Waals surface area contributed by atoms with Crippen LogP contribution in [0.2, 0.25) is 0 Å². The summed E-state index contributed by atoms with van der Waals surface area (Å²) in [6.45, 7) is 2.25. The maximum atomic E-state index is 12.9. The number of non-ortho nitro benzene ring substituents is 1. The highest BCUT2D eigenvalue weighted by atomic mass is 16.6. The average Bonchev–Trinajstić information content (AvgIpc) is 3.02. The highest BCUT2D eigenvalue weighted by Crippen LogP contribution is 2.40. The molecule has 1 fully saturated rings. The third-order valence-electron chi connectivity index (χ3n) is 5.05. The number of hydrogen-bond acceptors (Lipinski definition) is 6. The smallest absolute Gasteiger partial charge is 0.295 e. The van der Waals surface area contributed by atoms with Crippen molar-refractivity contribution in [2.24, 2.45) is 0 Å². The number of aliphatic hydroxyl groups is 1. The Bertz CT molecular complexity index is 1010. The number of methoxy groups -OCH3 is 1. The fourth-order valence-electron chi connectivity index (χ4n) is 3.50. The van der Waals surface area contributed by atoms with Crippen LogP contribution in [0.4, 0.5) is 5.69 Å². The number of carbonyl (C=O) groups is 2. The quantitative estimate of drug-likeness (QED) is 0.244. The number of rotatable bonds is 7. The van der Waals surface area contributed by atoms with Gasteiger partial charge in [0.15, 0.2) is 0 Å². The van der Waals surface area contributed by atoms with E-state index < -0.39 is 22.7 Å². The SMILES string of the molecule is CCCCN1C(=O)C(=O)/C(=C(/O)c2ccc(OC)cc2)C1c1cccc([N+](=O)[O-])c1. The Labute approximate surface area is 173 Å². The van der Waals surface area contributed by atoms with E-state index in [1.165, 1.54) is 30.2 Å². The number of likely N-dealkylation sites (tertiary alicyclic amines) is 1. The van der Waals surface area contributed by atoms with E-state index in [9.17, 15) is 24.8 Å². The van der Waals surface area contributed by atoms with Gasteiger partial charge in [0, 0.05) is 24.2 Å². The molecule has 0 aliphatic carbocycles. The second-order valence-electron chi connectivity index (χ2n) is 6.93. The molecule has 1 N–H and O–H groups in total. The minimum atomic E-state index is -0.904. The molecule has 0 saturated carbocycles. The van der Waals surface area contributed by atoms with Crippen LogP contribution in [0.25, 0.3) is 5.76 Å². The van der Waals surface area contributed by atoms with Gasteiger partial charge in [0.2, 0.25) is 0 Å². The van der Waals surface area contributed by atoms with Crippen molar-refractivity contribution in [2.45, 2.75) is 25.8 Å². The molecule has 1 unspecified atom stereocenters. The molecule has 1 amide bonds. The van der Waals surface area contributed by atoms with Crippen LogP contribution in [0.15, 0.2) is 54.1 Å². The van der Waals surface area contributed by atoms with Crippen molar-refractivity contribution in [3.63, 3.8) is 0 Å². The van der Waals surface area contributed by atoms with Crippen LogP contribution in [0.1, 0.15) is 36.9 Å². The van der Waals surface area contributed by atoms with Gasteiger partial charge in [-0.2, -0.15) is 0 Å². The Morgan fingerprint density at radius 2 is 1.90 bits per heavy atom. The number of nitro benzene ring substituents is 1. The standard InChI is InChI=1S/C22H22N2O6/c1-3-4-12-23-19(15-6-5-7-16(13-15)24(28)29)18(21(26)22(23)27)20(25)14-8-10-17(30-2)11-9-14/h5-11,13,19,25H,3-4,12H2,1-2H3/b20-18+. The Kier molecular flexibility index (Phi) is 6.15. The molecular formula is C22H22N2O6. The van der Waals surface area contributed by atoms with E-state index in [4.69, 9.17) is 4.74 Å². The molecule has 30 heavy (non-hydrogen) atoms. The lowest BCUT2D eigenvalue weighted by Gasteiger charge is -2.25. The first-order valence-electron chi connectivity index (χ1n) is 9.56. The monoisotopic (exact) mass is 410 g/mol. The number of Topliss-reactive ketones (excluding diaryl/α,β-unsaturated/α-hetero) is 1. The molecule has 1 atom stereocenters. The van der Waals surface area contributed by atoms with Gasteiger partial charge in [-0.15, -0.1) is 0 Å². The molecule has 2 aromatic rings. The molecule has 2 aromatic carbocycles. The molecule has 156 valence electrons. The number of aliphatic hydroxyl groups excluding tert-OH is 1. The van der Waals surface area contributed by atoms with Crippen molar-refractivity contribution in [1.29, 1.82) is 0 Å². The van der Waals surface area contributed by atoms with Crippen molar-refractivity contribution in [3.8, 4) is 5.75 Å². The Hall–Kier alpha value is -3.68. The second kappa shape index (κ2) is 8.77. The lowest BCUT2D eigenvalue weighted by molar-refractivity contribution is -0.384. The van der Waals surface area contributed by atoms with E-state index in [1.807, 2.05) is 6.92 Å². The molecule has 1 aliphatic heterocycles. The number of nitro groups is 1. The summed E-state index contributed by atoms with van der Waals surface area (Å²) < 4.78 is 5.11. The lowest BCUT2D eigenvalue weighted by atomic mass is 9.95. The van der Waals surface area contributed by atoms with Crippen molar-refractivity contribution in [1.82, 2.24) is 4.90 Å². The lowest BCUT2D eigenvalue weighted by Crippen LogP contribution is -2.30. The van der Waals surface area contributed by atoms with Gasteiger partial charge in [-0.25, -0.2) is 0 Å². The number of unbranched alkanes of at least 4 members (excludes halogenated alkanes) is 1. The van der Waals surface area contributed by atoms with Crippen molar-refractivity contribution < 1.29 is 24.4 Å². The average molecular weight is 410 g/mol. The van der Waals surface area contributed by atoms with Gasteiger partial charge in [-0.05, 0) is 36.2 Å². The molecule has 1 heterocycles. The van der Waals surface area contributed by atoms with Crippen LogP contribution >= 0.6 is 0 Å². The molecule has 0 aromatic heterocycles. The van der Waals surface area contributed by atoms with E-state index in [-0.39, 0.29) is 17.0 Å². The third-order valence-corrected chi connectivity index (χ3v) is 5.05. The van der Waals surface area contributed by atoms with E-state index in [1.54, 1.807) is 30.3 Å². The number of hydrogen-bond donors (Lipinski definition) is 1. The summed E-state index contributed by atoms with van der Waals surface area (Å²) in [5.41, 5.74) is 0.508. The number of benzene rings is 2. The summed E-state index contributed by atoms with van der Waals surface area (Å²) in [4.78, 5) is 37.7. The summed E-state index contributed by atoms with van der Waals surface area (Å²) >= 11 is 0. The summed E-state index contributed by atoms with van der Waals surface area (Å²) in [7, 11) is 1.51. The van der Waals surface area contributed by atoms with Gasteiger partial charge < -0.3 is 14.7 Å². The van der Waals surface area contributed by atoms with Gasteiger partial charge >= 0.3 is 0 Å². The van der Waals surface area contributed by atoms with Gasteiger partial charge in [-0.3, -0.25) is 19.7 Å². The molecule has 0 radical (unpaired) electrons. The van der Waals surface area contributed by atoms with Crippen LogP contribution in [0.3, 0.4) is 0 Å². The van der Waals surface area contributed by atoms with Crippen LogP contribution in [0.5, 0.6) is 5.75 Å². The second-order valence-corrected chi connectivity index (χ2v) is 6.93. The summed E-state index contributed by atoms with van der Waals surface area (Å²) in [6, 6.07) is 11.3. The maximum absolute atomic E-state index is 12.9. The molecule has 1 saturated heterocycles. The summed E-state index contributed by atoms with van der Waals surface area (Å²) in [5.74, 6) is -1.29. The summed E-state index contributed by atoms with van der Waals surface area (Å²) in [6.07, 6.45) is 1.45. The van der Waals surface area contributed by atoms with Gasteiger partial charge in [0.1, 0.15) is 11.5 Å². The van der Waals surface area contributed by atoms with E-state index in [2.05, 4.69) is 0 Å². The molecule has 8 nitrogen and oxygen atoms in total. The highest BCUT2D eigenvalue weighted by Gasteiger charge is 2.46. The van der Waals surface area contributed by atoms with Crippen LogP contribution < -0.4 is 4.74 Å². The van der Waals surface area contributed by atoms with Crippen LogP contribution in [-0.2, 0) is 9.59 Å². The number of carbonyl (C=O) groups excluding carboxylic acids is 2. The Balaban J connectivity index is 2.17. The molecule has 1 aliphatic rings. The zero-order valence-corrected chi connectivity index (χ0v) is 16.7. The first kappa shape index (κ1) is 21.0. The maximum Gasteiger partial charge on any atom is 0.295 e. The fraction of sp³-hybridized carbons (Fsp3) is 0.273. The van der Waals surface area contributed by atoms with Crippen LogP contribution in [-0.4, -0.2) is 40.3 Å². The van der Waals surface area contributed by atoms with E-state index in [0.29, 0.717) is 29.8 Å². The first-order valence-corrected chi connectivity index (χ1v) is 9.56. The van der Waals surface area contributed by atoms with Crippen molar-refractivity contribution >= 4 is 23.1 Å². The van der Waals surface area contributed by atoms with Crippen molar-refractivity contribution in [3.05, 3.63) is 75.3 Å². The molecule has 8 heteroatoms. The minimum Gasteiger partial charge on any atom is -0.507 e. The molecule has 3 rings (SSSR count). The topological polar surface area (TPSA) is 110 Å². The highest BCUT2D eigenvalue weighted by molar-refractivity contribution is 6.46. The number of ether oxygens (including phenoxy) is 1. The number of amides is 1. The normalized spacial score (nSPS) is 17.9. The van der Waals surface area contributed by atoms with Gasteiger partial charge in [0.25, 0.3) is 17.4 Å². The number of ketones is 1. The predicted octanol–water partition coefficient (Wildman–Crippen LogP) is 3.83. The Morgan fingerprint density at radius 1 is 1.20 bits per heavy atom. The minimum absolute atomic E-state index is 0.0817. The molecule has 0 bridgehead atoms. The van der Waals surface area contributed by atoms with E-state index in [0.717, 1.165) is 6.42 Å². The zero-order chi connectivity index (χ0) is 21.8. The third kappa shape index (κ3) is 3.89. The number of nitrogens with zero attached hydrogens (tertiary/aromatic N) is 2. The summed E-state index contributed by atoms with van der Waals surface area (Å²) in [5, 5.41) is 22.2. The Morgan fingerprint density at radius 3 is 2.50 bits per heavy atom. The van der Waals surface area contributed by atoms with Gasteiger partial charge in [0.05, 0.1) is 23.6 Å². The molecular weight excluding hydrogens is 388 g/mol. The van der Waals surface area contributed by atoms with Gasteiger partial charge in [-0.1, -0.05) is 25.5 Å². The molecule has 0 spiro atoms. The predicted molar refractivity (Wildman–Crippen MR) is 110 cm³/mol. The largest absolute Gasteiger partial charge is 0.507 e. The fourth-order valence-corrected chi connectivity index (χ4v) is 3.50. The van der Waals surface area contributed by atoms with Crippen LogP contribution in [0, 0.1) is 10.1 Å². The van der Waals surface area contributed by atoms with E-state index >= 15 is 0 Å². The zero-order valence-electron chi connectivity index (χ0n) is 16.7. The van der Waals surface area contributed by atoms with Crippen molar-refractivity contribution in [2.75, 3.05) is 13.7 Å². The first-order chi connectivity index (χ1) is 14.4.